The van der Waals surface area contributed by atoms with E-state index < -0.39 is 0 Å². The van der Waals surface area contributed by atoms with Gasteiger partial charge in [0.2, 0.25) is 0 Å². The number of hydrogen-bond donors (Lipinski definition) is 0. The van der Waals surface area contributed by atoms with Crippen LogP contribution in [-0.4, -0.2) is 0 Å². The van der Waals surface area contributed by atoms with Crippen molar-refractivity contribution in [3.05, 3.63) is 174 Å². The summed E-state index contributed by atoms with van der Waals surface area (Å²) < 4.78 is 0. The van der Waals surface area contributed by atoms with Gasteiger partial charge in [0.15, 0.2) is 0 Å². The minimum Gasteiger partial charge on any atom is -0.310 e. The van der Waals surface area contributed by atoms with Crippen molar-refractivity contribution < 1.29 is 0 Å². The molecule has 2 aliphatic rings. The minimum absolute atomic E-state index is 0.0353. The second-order valence-corrected chi connectivity index (χ2v) is 15.0. The molecule has 0 N–H and O–H groups in total. The topological polar surface area (TPSA) is 3.24 Å². The Labute approximate surface area is 288 Å². The molecule has 0 aromatic heterocycles. The number of hydrogen-bond acceptors (Lipinski definition) is 1. The smallest absolute Gasteiger partial charge is 0.0509 e. The highest BCUT2D eigenvalue weighted by Gasteiger charge is 2.39. The standard InChI is InChI=1S/C48H37N/c1-47(2)41-21-13-12-20-37(41)38-24-22-30(26-42(38)47)31-23-25-45-43(27-31)48(3,4)44-28-39-35-18-10-8-16-33(35)34-17-9-11-19-36(34)40(39)29-46(44)49(45)32-14-6-5-7-15-32/h5-29H,1-4H3. The number of benzene rings is 8. The Morgan fingerprint density at radius 2 is 0.837 bits per heavy atom. The third-order valence-corrected chi connectivity index (χ3v) is 11.6. The van der Waals surface area contributed by atoms with Crippen LogP contribution < -0.4 is 4.90 Å². The molecule has 49 heavy (non-hydrogen) atoms. The second kappa shape index (κ2) is 9.94. The van der Waals surface area contributed by atoms with E-state index in [9.17, 15) is 0 Å². The van der Waals surface area contributed by atoms with Crippen LogP contribution >= 0.6 is 0 Å². The van der Waals surface area contributed by atoms with E-state index in [4.69, 9.17) is 0 Å². The average molecular weight is 628 g/mol. The predicted octanol–water partition coefficient (Wildman–Crippen LogP) is 13.2. The van der Waals surface area contributed by atoms with Gasteiger partial charge >= 0.3 is 0 Å². The first-order valence-electron chi connectivity index (χ1n) is 17.4. The molecule has 1 heterocycles. The molecular weight excluding hydrogens is 591 g/mol. The van der Waals surface area contributed by atoms with Gasteiger partial charge in [0.1, 0.15) is 0 Å². The highest BCUT2D eigenvalue weighted by molar-refractivity contribution is 6.26. The lowest BCUT2D eigenvalue weighted by Crippen LogP contribution is -2.30. The van der Waals surface area contributed by atoms with Crippen LogP contribution in [0, 0.1) is 0 Å². The highest BCUT2D eigenvalue weighted by atomic mass is 15.2. The van der Waals surface area contributed by atoms with E-state index in [1.54, 1.807) is 0 Å². The van der Waals surface area contributed by atoms with Crippen molar-refractivity contribution in [1.29, 1.82) is 0 Å². The molecule has 0 amide bonds. The Balaban J connectivity index is 1.22. The Morgan fingerprint density at radius 3 is 1.53 bits per heavy atom. The Bertz CT molecular complexity index is 2660. The molecule has 1 aliphatic heterocycles. The van der Waals surface area contributed by atoms with Gasteiger partial charge in [-0.1, -0.05) is 137 Å². The van der Waals surface area contributed by atoms with Gasteiger partial charge in [-0.05, 0) is 119 Å². The predicted molar refractivity (Wildman–Crippen MR) is 209 cm³/mol. The van der Waals surface area contributed by atoms with E-state index in [1.807, 2.05) is 0 Å². The average Bonchev–Trinajstić information content (AvgIpc) is 3.37. The summed E-state index contributed by atoms with van der Waals surface area (Å²) in [5.74, 6) is 0. The fourth-order valence-corrected chi connectivity index (χ4v) is 9.05. The highest BCUT2D eigenvalue weighted by Crippen LogP contribution is 2.55. The number of fused-ring (bicyclic) bond motifs is 11. The summed E-state index contributed by atoms with van der Waals surface area (Å²) in [5, 5.41) is 7.83. The molecular formula is C48H37N. The van der Waals surface area contributed by atoms with Gasteiger partial charge in [0.05, 0.1) is 11.4 Å². The molecule has 0 radical (unpaired) electrons. The molecule has 0 saturated heterocycles. The number of para-hydroxylation sites is 1. The van der Waals surface area contributed by atoms with Crippen molar-refractivity contribution >= 4 is 49.4 Å². The van der Waals surface area contributed by atoms with E-state index >= 15 is 0 Å². The zero-order valence-electron chi connectivity index (χ0n) is 28.4. The summed E-state index contributed by atoms with van der Waals surface area (Å²) in [6.45, 7) is 9.55. The summed E-state index contributed by atoms with van der Waals surface area (Å²) in [6.07, 6.45) is 0. The molecule has 8 aromatic rings. The van der Waals surface area contributed by atoms with Crippen LogP contribution in [0.15, 0.2) is 152 Å². The van der Waals surface area contributed by atoms with Crippen LogP contribution in [0.2, 0.25) is 0 Å². The fraction of sp³-hybridized carbons (Fsp3) is 0.125. The molecule has 0 fully saturated rings. The third kappa shape index (κ3) is 3.88. The Kier molecular flexibility index (Phi) is 5.75. The molecule has 0 spiro atoms. The zero-order chi connectivity index (χ0) is 33.1. The van der Waals surface area contributed by atoms with E-state index in [-0.39, 0.29) is 10.8 Å². The molecule has 8 aromatic carbocycles. The summed E-state index contributed by atoms with van der Waals surface area (Å²) >= 11 is 0. The second-order valence-electron chi connectivity index (χ2n) is 15.0. The molecule has 0 bridgehead atoms. The van der Waals surface area contributed by atoms with Crippen LogP contribution in [0.3, 0.4) is 0 Å². The van der Waals surface area contributed by atoms with E-state index in [2.05, 4.69) is 184 Å². The summed E-state index contributed by atoms with van der Waals surface area (Å²) in [7, 11) is 0. The normalized spacial score (nSPS) is 15.2. The van der Waals surface area contributed by atoms with Gasteiger partial charge in [-0.2, -0.15) is 0 Å². The molecule has 234 valence electrons. The lowest BCUT2D eigenvalue weighted by molar-refractivity contribution is 0.633. The monoisotopic (exact) mass is 627 g/mol. The maximum absolute atomic E-state index is 2.50. The van der Waals surface area contributed by atoms with Crippen molar-refractivity contribution in [2.45, 2.75) is 38.5 Å². The van der Waals surface area contributed by atoms with Crippen LogP contribution in [0.4, 0.5) is 17.1 Å². The van der Waals surface area contributed by atoms with Gasteiger partial charge < -0.3 is 4.90 Å². The zero-order valence-corrected chi connectivity index (χ0v) is 28.4. The van der Waals surface area contributed by atoms with Crippen molar-refractivity contribution in [3.8, 4) is 22.3 Å². The van der Waals surface area contributed by atoms with E-state index in [1.165, 1.54) is 93.9 Å². The molecule has 0 saturated carbocycles. The number of rotatable bonds is 2. The summed E-state index contributed by atoms with van der Waals surface area (Å²) in [5.41, 5.74) is 14.2. The first-order chi connectivity index (χ1) is 23.8. The van der Waals surface area contributed by atoms with Crippen LogP contribution in [0.25, 0.3) is 54.6 Å². The quantitative estimate of drug-likeness (QED) is 0.172. The summed E-state index contributed by atoms with van der Waals surface area (Å²) in [4.78, 5) is 2.49. The van der Waals surface area contributed by atoms with Crippen LogP contribution in [0.1, 0.15) is 49.9 Å². The molecule has 1 nitrogen and oxygen atoms in total. The molecule has 10 rings (SSSR count). The summed E-state index contributed by atoms with van der Waals surface area (Å²) in [6, 6.07) is 56.8. The third-order valence-electron chi connectivity index (χ3n) is 11.6. The van der Waals surface area contributed by atoms with Crippen molar-refractivity contribution in [1.82, 2.24) is 0 Å². The number of nitrogens with zero attached hydrogens (tertiary/aromatic N) is 1. The van der Waals surface area contributed by atoms with Gasteiger partial charge in [0, 0.05) is 16.5 Å². The maximum Gasteiger partial charge on any atom is 0.0509 e. The molecule has 0 unspecified atom stereocenters. The van der Waals surface area contributed by atoms with Crippen LogP contribution in [0.5, 0.6) is 0 Å². The van der Waals surface area contributed by atoms with Gasteiger partial charge in [-0.25, -0.2) is 0 Å². The number of anilines is 3. The largest absolute Gasteiger partial charge is 0.310 e. The van der Waals surface area contributed by atoms with E-state index in [0.717, 1.165) is 0 Å². The Morgan fingerprint density at radius 1 is 0.347 bits per heavy atom. The molecule has 0 atom stereocenters. The van der Waals surface area contributed by atoms with Crippen molar-refractivity contribution in [3.63, 3.8) is 0 Å². The SMILES string of the molecule is CC1(C)c2ccccc2-c2ccc(-c3ccc4c(c3)C(C)(C)c3cc5c6ccccc6c6ccccc6c5cc3N4c3ccccc3)cc21. The fourth-order valence-electron chi connectivity index (χ4n) is 9.05. The Hall–Kier alpha value is -5.66. The minimum atomic E-state index is -0.237. The maximum atomic E-state index is 2.50. The lowest BCUT2D eigenvalue weighted by atomic mass is 9.72. The first-order valence-corrected chi connectivity index (χ1v) is 17.4. The molecule has 1 heteroatoms. The van der Waals surface area contributed by atoms with Gasteiger partial charge in [-0.3, -0.25) is 0 Å². The van der Waals surface area contributed by atoms with E-state index in [0.29, 0.717) is 0 Å². The first kappa shape index (κ1) is 28.4. The van der Waals surface area contributed by atoms with Gasteiger partial charge in [-0.15, -0.1) is 0 Å². The lowest BCUT2D eigenvalue weighted by Gasteiger charge is -2.42. The van der Waals surface area contributed by atoms with Crippen LogP contribution in [-0.2, 0) is 10.8 Å². The molecule has 1 aliphatic carbocycles. The van der Waals surface area contributed by atoms with Crippen molar-refractivity contribution in [2.75, 3.05) is 4.90 Å². The van der Waals surface area contributed by atoms with Crippen molar-refractivity contribution in [2.24, 2.45) is 0 Å². The van der Waals surface area contributed by atoms with Gasteiger partial charge in [0.25, 0.3) is 0 Å².